The average molecular weight is 472 g/mol. The van der Waals surface area contributed by atoms with E-state index in [1.807, 2.05) is 38.1 Å². The number of aromatic nitrogens is 1. The molecule has 1 aromatic carbocycles. The summed E-state index contributed by atoms with van der Waals surface area (Å²) in [6.07, 6.45) is 0.928. The fraction of sp³-hybridized carbons (Fsp3) is 0.474. The molecular formula is C19H29IN4O2. The molecule has 0 bridgehead atoms. The van der Waals surface area contributed by atoms with Crippen molar-refractivity contribution in [2.75, 3.05) is 19.8 Å². The van der Waals surface area contributed by atoms with E-state index in [0.29, 0.717) is 6.54 Å². The summed E-state index contributed by atoms with van der Waals surface area (Å²) in [6, 6.07) is 12.4. The SMILES string of the molecule is CCOCCCNC(=NCc1cc(C)on1)NC(C)c1ccccc1.I. The van der Waals surface area contributed by atoms with E-state index in [0.717, 1.165) is 43.6 Å². The number of ether oxygens (including phenoxy) is 1. The van der Waals surface area contributed by atoms with Crippen LogP contribution in [0.25, 0.3) is 0 Å². The van der Waals surface area contributed by atoms with E-state index in [2.05, 4.69) is 39.8 Å². The van der Waals surface area contributed by atoms with Gasteiger partial charge in [-0.15, -0.1) is 24.0 Å². The zero-order chi connectivity index (χ0) is 17.9. The summed E-state index contributed by atoms with van der Waals surface area (Å²) in [5, 5.41) is 10.8. The van der Waals surface area contributed by atoms with E-state index in [-0.39, 0.29) is 30.0 Å². The van der Waals surface area contributed by atoms with E-state index in [1.54, 1.807) is 0 Å². The Bertz CT molecular complexity index is 646. The molecule has 7 heteroatoms. The summed E-state index contributed by atoms with van der Waals surface area (Å²) in [5.74, 6) is 1.55. The molecule has 0 aliphatic heterocycles. The number of halogens is 1. The lowest BCUT2D eigenvalue weighted by Gasteiger charge is -2.18. The van der Waals surface area contributed by atoms with Crippen molar-refractivity contribution in [3.8, 4) is 0 Å². The number of hydrogen-bond donors (Lipinski definition) is 2. The quantitative estimate of drug-likeness (QED) is 0.251. The maximum Gasteiger partial charge on any atom is 0.192 e. The van der Waals surface area contributed by atoms with Gasteiger partial charge in [-0.3, -0.25) is 0 Å². The highest BCUT2D eigenvalue weighted by Gasteiger charge is 2.08. The molecule has 26 heavy (non-hydrogen) atoms. The summed E-state index contributed by atoms with van der Waals surface area (Å²) in [4.78, 5) is 4.62. The highest BCUT2D eigenvalue weighted by molar-refractivity contribution is 14.0. The zero-order valence-electron chi connectivity index (χ0n) is 15.7. The smallest absolute Gasteiger partial charge is 0.192 e. The second-order valence-corrected chi connectivity index (χ2v) is 5.85. The molecule has 0 saturated heterocycles. The van der Waals surface area contributed by atoms with Crippen molar-refractivity contribution in [1.29, 1.82) is 0 Å². The van der Waals surface area contributed by atoms with E-state index in [1.165, 1.54) is 5.56 Å². The van der Waals surface area contributed by atoms with E-state index < -0.39 is 0 Å². The van der Waals surface area contributed by atoms with Gasteiger partial charge in [0.1, 0.15) is 11.5 Å². The molecule has 6 nitrogen and oxygen atoms in total. The maximum absolute atomic E-state index is 5.38. The number of benzene rings is 1. The van der Waals surface area contributed by atoms with Crippen LogP contribution in [0.2, 0.25) is 0 Å². The third-order valence-electron chi connectivity index (χ3n) is 3.69. The van der Waals surface area contributed by atoms with Crippen LogP contribution >= 0.6 is 24.0 Å². The predicted molar refractivity (Wildman–Crippen MR) is 115 cm³/mol. The summed E-state index contributed by atoms with van der Waals surface area (Å²) >= 11 is 0. The van der Waals surface area contributed by atoms with Gasteiger partial charge in [0, 0.05) is 25.8 Å². The molecule has 0 aliphatic carbocycles. The Kier molecular flexibility index (Phi) is 11.0. The normalized spacial score (nSPS) is 12.3. The van der Waals surface area contributed by atoms with Crippen LogP contribution in [0.1, 0.15) is 43.3 Å². The van der Waals surface area contributed by atoms with Gasteiger partial charge in [0.25, 0.3) is 0 Å². The number of aliphatic imine (C=N–C) groups is 1. The number of guanidine groups is 1. The third-order valence-corrected chi connectivity index (χ3v) is 3.69. The Morgan fingerprint density at radius 2 is 2.08 bits per heavy atom. The molecule has 0 amide bonds. The molecule has 0 radical (unpaired) electrons. The molecule has 2 aromatic rings. The highest BCUT2D eigenvalue weighted by Crippen LogP contribution is 2.11. The van der Waals surface area contributed by atoms with Crippen molar-refractivity contribution in [3.05, 3.63) is 53.4 Å². The second-order valence-electron chi connectivity index (χ2n) is 5.85. The van der Waals surface area contributed by atoms with Crippen molar-refractivity contribution in [2.45, 2.75) is 39.8 Å². The standard InChI is InChI=1S/C19H28N4O2.HI/c1-4-24-12-8-11-20-19(21-14-18-13-15(2)25-23-18)22-16(3)17-9-6-5-7-10-17;/h5-7,9-10,13,16H,4,8,11-12,14H2,1-3H3,(H2,20,21,22);1H. The molecule has 1 heterocycles. The lowest BCUT2D eigenvalue weighted by atomic mass is 10.1. The molecule has 1 atom stereocenters. The average Bonchev–Trinajstić information content (AvgIpc) is 3.05. The Labute approximate surface area is 172 Å². The number of nitrogens with one attached hydrogen (secondary N) is 2. The number of nitrogens with zero attached hydrogens (tertiary/aromatic N) is 2. The first-order valence-electron chi connectivity index (χ1n) is 8.78. The van der Waals surface area contributed by atoms with Crippen molar-refractivity contribution < 1.29 is 9.26 Å². The Morgan fingerprint density at radius 1 is 1.31 bits per heavy atom. The van der Waals surface area contributed by atoms with Crippen LogP contribution < -0.4 is 10.6 Å². The van der Waals surface area contributed by atoms with Gasteiger partial charge in [0.05, 0.1) is 12.6 Å². The first kappa shape index (κ1) is 22.4. The van der Waals surface area contributed by atoms with Gasteiger partial charge in [-0.05, 0) is 32.8 Å². The number of rotatable bonds is 9. The van der Waals surface area contributed by atoms with Crippen molar-refractivity contribution in [1.82, 2.24) is 15.8 Å². The molecule has 144 valence electrons. The van der Waals surface area contributed by atoms with Crippen molar-refractivity contribution in [2.24, 2.45) is 4.99 Å². The fourth-order valence-corrected chi connectivity index (χ4v) is 2.36. The number of aryl methyl sites for hydroxylation is 1. The van der Waals surface area contributed by atoms with E-state index in [9.17, 15) is 0 Å². The molecule has 0 fully saturated rings. The van der Waals surface area contributed by atoms with Crippen LogP contribution in [0.4, 0.5) is 0 Å². The Balaban J connectivity index is 0.00000338. The first-order valence-corrected chi connectivity index (χ1v) is 8.78. The molecule has 0 aliphatic rings. The monoisotopic (exact) mass is 472 g/mol. The molecule has 0 spiro atoms. The van der Waals surface area contributed by atoms with Gasteiger partial charge in [0.2, 0.25) is 0 Å². The van der Waals surface area contributed by atoms with Crippen LogP contribution in [0.15, 0.2) is 45.9 Å². The van der Waals surface area contributed by atoms with Gasteiger partial charge < -0.3 is 19.9 Å². The largest absolute Gasteiger partial charge is 0.382 e. The number of hydrogen-bond acceptors (Lipinski definition) is 4. The van der Waals surface area contributed by atoms with Crippen molar-refractivity contribution in [3.63, 3.8) is 0 Å². The molecular weight excluding hydrogens is 443 g/mol. The minimum atomic E-state index is 0. The lowest BCUT2D eigenvalue weighted by molar-refractivity contribution is 0.145. The Hall–Kier alpha value is -1.61. The Morgan fingerprint density at radius 3 is 2.73 bits per heavy atom. The first-order chi connectivity index (χ1) is 12.2. The summed E-state index contributed by atoms with van der Waals surface area (Å²) in [5.41, 5.74) is 2.03. The topological polar surface area (TPSA) is 71.7 Å². The van der Waals surface area contributed by atoms with Gasteiger partial charge in [-0.25, -0.2) is 4.99 Å². The van der Waals surface area contributed by atoms with Crippen LogP contribution in [-0.2, 0) is 11.3 Å². The lowest BCUT2D eigenvalue weighted by Crippen LogP contribution is -2.39. The van der Waals surface area contributed by atoms with Gasteiger partial charge in [0.15, 0.2) is 5.96 Å². The molecule has 1 unspecified atom stereocenters. The van der Waals surface area contributed by atoms with E-state index in [4.69, 9.17) is 9.26 Å². The van der Waals surface area contributed by atoms with Gasteiger partial charge in [-0.2, -0.15) is 0 Å². The fourth-order valence-electron chi connectivity index (χ4n) is 2.36. The second kappa shape index (κ2) is 12.7. The summed E-state index contributed by atoms with van der Waals surface area (Å²) in [7, 11) is 0. The third kappa shape index (κ3) is 8.18. The summed E-state index contributed by atoms with van der Waals surface area (Å²) < 4.78 is 10.5. The van der Waals surface area contributed by atoms with E-state index >= 15 is 0 Å². The van der Waals surface area contributed by atoms with Gasteiger partial charge in [-0.1, -0.05) is 35.5 Å². The maximum atomic E-state index is 5.38. The molecule has 2 rings (SSSR count). The molecule has 0 saturated carbocycles. The molecule has 2 N–H and O–H groups in total. The minimum Gasteiger partial charge on any atom is -0.382 e. The highest BCUT2D eigenvalue weighted by atomic mass is 127. The minimum absolute atomic E-state index is 0. The van der Waals surface area contributed by atoms with Crippen LogP contribution in [0.3, 0.4) is 0 Å². The van der Waals surface area contributed by atoms with Gasteiger partial charge >= 0.3 is 0 Å². The summed E-state index contributed by atoms with van der Waals surface area (Å²) in [6.45, 7) is 8.76. The predicted octanol–water partition coefficient (Wildman–Crippen LogP) is 3.82. The van der Waals surface area contributed by atoms with Crippen LogP contribution in [0.5, 0.6) is 0 Å². The van der Waals surface area contributed by atoms with Crippen molar-refractivity contribution >= 4 is 29.9 Å². The van der Waals surface area contributed by atoms with Crippen LogP contribution in [0, 0.1) is 6.92 Å². The van der Waals surface area contributed by atoms with Crippen LogP contribution in [-0.4, -0.2) is 30.9 Å². The molecule has 1 aromatic heterocycles. The zero-order valence-corrected chi connectivity index (χ0v) is 18.0.